The summed E-state index contributed by atoms with van der Waals surface area (Å²) in [5, 5.41) is 11.6. The first-order valence-corrected chi connectivity index (χ1v) is 6.80. The van der Waals surface area contributed by atoms with E-state index in [4.69, 9.17) is 4.74 Å². The van der Waals surface area contributed by atoms with E-state index >= 15 is 0 Å². The molecule has 1 aliphatic heterocycles. The highest BCUT2D eigenvalue weighted by atomic mass is 16.5. The number of hydrogen-bond acceptors (Lipinski definition) is 4. The average molecular weight is 257 g/mol. The molecule has 1 aliphatic rings. The molecule has 106 valence electrons. The molecule has 0 amide bonds. The van der Waals surface area contributed by atoms with E-state index in [2.05, 4.69) is 0 Å². The number of piperidine rings is 1. The minimum Gasteiger partial charge on any atom is -0.462 e. The van der Waals surface area contributed by atoms with E-state index in [9.17, 15) is 10.0 Å². The zero-order valence-electron chi connectivity index (χ0n) is 12.5. The summed E-state index contributed by atoms with van der Waals surface area (Å²) in [4.78, 5) is 11.8. The number of hydroxylamine groups is 2. The molecule has 0 spiro atoms. The Morgan fingerprint density at radius 3 is 2.17 bits per heavy atom. The third kappa shape index (κ3) is 3.23. The lowest BCUT2D eigenvalue weighted by Crippen LogP contribution is -2.60. The summed E-state index contributed by atoms with van der Waals surface area (Å²) >= 11 is 0. The normalized spacial score (nSPS) is 25.7. The highest BCUT2D eigenvalue weighted by Gasteiger charge is 2.46. The van der Waals surface area contributed by atoms with E-state index in [1.807, 2.05) is 41.5 Å². The third-order valence-electron chi connectivity index (χ3n) is 3.90. The smallest absolute Gasteiger partial charge is 0.308 e. The summed E-state index contributed by atoms with van der Waals surface area (Å²) in [5.74, 6) is -0.177. The van der Waals surface area contributed by atoms with Crippen LogP contribution in [-0.4, -0.2) is 33.4 Å². The predicted octanol–water partition coefficient (Wildman–Crippen LogP) is 2.99. The van der Waals surface area contributed by atoms with Gasteiger partial charge in [-0.3, -0.25) is 4.79 Å². The van der Waals surface area contributed by atoms with Crippen LogP contribution in [0.25, 0.3) is 0 Å². The summed E-state index contributed by atoms with van der Waals surface area (Å²) in [7, 11) is 0. The quantitative estimate of drug-likeness (QED) is 0.790. The maximum absolute atomic E-state index is 11.8. The summed E-state index contributed by atoms with van der Waals surface area (Å²) in [6.07, 6.45) is 2.01. The summed E-state index contributed by atoms with van der Waals surface area (Å²) < 4.78 is 5.59. The first kappa shape index (κ1) is 15.4. The first-order valence-electron chi connectivity index (χ1n) is 6.80. The Morgan fingerprint density at radius 1 is 1.33 bits per heavy atom. The van der Waals surface area contributed by atoms with E-state index < -0.39 is 0 Å². The molecule has 1 fully saturated rings. The van der Waals surface area contributed by atoms with Crippen molar-refractivity contribution in [3.63, 3.8) is 0 Å². The number of carbonyl (C=O) groups is 1. The molecule has 0 bridgehead atoms. The van der Waals surface area contributed by atoms with Crippen LogP contribution in [-0.2, 0) is 9.53 Å². The fourth-order valence-corrected chi connectivity index (χ4v) is 2.71. The Morgan fingerprint density at radius 2 is 1.78 bits per heavy atom. The van der Waals surface area contributed by atoms with Gasteiger partial charge >= 0.3 is 5.97 Å². The molecule has 1 unspecified atom stereocenters. The number of ether oxygens (including phenoxy) is 1. The highest BCUT2D eigenvalue weighted by Crippen LogP contribution is 2.38. The van der Waals surface area contributed by atoms with Crippen molar-refractivity contribution in [2.75, 3.05) is 0 Å². The maximum atomic E-state index is 11.8. The molecular formula is C14H27NO3. The van der Waals surface area contributed by atoms with Crippen molar-refractivity contribution < 1.29 is 14.7 Å². The molecule has 4 nitrogen and oxygen atoms in total. The molecule has 1 rings (SSSR count). The van der Waals surface area contributed by atoms with Gasteiger partial charge in [-0.05, 0) is 34.1 Å². The van der Waals surface area contributed by atoms with Gasteiger partial charge in [0.2, 0.25) is 0 Å². The van der Waals surface area contributed by atoms with E-state index in [0.717, 1.165) is 6.42 Å². The largest absolute Gasteiger partial charge is 0.462 e. The summed E-state index contributed by atoms with van der Waals surface area (Å²) in [6.45, 7) is 11.8. The SMILES string of the molecule is CCC(C)C(=O)OC1CC(C)(C)N(O)C(C)(C)C1. The number of rotatable bonds is 3. The maximum Gasteiger partial charge on any atom is 0.308 e. The zero-order valence-corrected chi connectivity index (χ0v) is 12.5. The van der Waals surface area contributed by atoms with Gasteiger partial charge in [-0.15, -0.1) is 0 Å². The van der Waals surface area contributed by atoms with E-state index in [-0.39, 0.29) is 29.1 Å². The number of nitrogens with zero attached hydrogens (tertiary/aromatic N) is 1. The van der Waals surface area contributed by atoms with Crippen LogP contribution in [0.3, 0.4) is 0 Å². The van der Waals surface area contributed by atoms with Crippen molar-refractivity contribution in [2.45, 2.75) is 78.0 Å². The summed E-state index contributed by atoms with van der Waals surface area (Å²) in [5.41, 5.74) is -0.746. The van der Waals surface area contributed by atoms with Crippen molar-refractivity contribution >= 4 is 5.97 Å². The third-order valence-corrected chi connectivity index (χ3v) is 3.90. The van der Waals surface area contributed by atoms with E-state index in [1.165, 1.54) is 5.06 Å². The van der Waals surface area contributed by atoms with Crippen LogP contribution in [0.4, 0.5) is 0 Å². The van der Waals surface area contributed by atoms with Crippen molar-refractivity contribution in [3.05, 3.63) is 0 Å². The Bertz CT molecular complexity index is 294. The first-order chi connectivity index (χ1) is 8.10. The fraction of sp³-hybridized carbons (Fsp3) is 0.929. The fourth-order valence-electron chi connectivity index (χ4n) is 2.71. The molecule has 1 heterocycles. The molecule has 0 aliphatic carbocycles. The molecule has 4 heteroatoms. The second-order valence-electron chi connectivity index (χ2n) is 6.71. The van der Waals surface area contributed by atoms with Crippen LogP contribution in [0.15, 0.2) is 0 Å². The van der Waals surface area contributed by atoms with Gasteiger partial charge in [0.25, 0.3) is 0 Å². The van der Waals surface area contributed by atoms with Gasteiger partial charge in [0, 0.05) is 23.9 Å². The summed E-state index contributed by atoms with van der Waals surface area (Å²) in [6, 6.07) is 0. The van der Waals surface area contributed by atoms with Gasteiger partial charge in [-0.25, -0.2) is 0 Å². The van der Waals surface area contributed by atoms with Gasteiger partial charge in [0.1, 0.15) is 6.10 Å². The monoisotopic (exact) mass is 257 g/mol. The number of esters is 1. The average Bonchev–Trinajstić information content (AvgIpc) is 2.23. The molecule has 0 aromatic carbocycles. The van der Waals surface area contributed by atoms with Crippen LogP contribution in [0.2, 0.25) is 0 Å². The molecular weight excluding hydrogens is 230 g/mol. The lowest BCUT2D eigenvalue weighted by molar-refractivity contribution is -0.259. The van der Waals surface area contributed by atoms with Gasteiger partial charge in [0.15, 0.2) is 0 Å². The Kier molecular flexibility index (Phi) is 4.44. The van der Waals surface area contributed by atoms with Gasteiger partial charge < -0.3 is 9.94 Å². The van der Waals surface area contributed by atoms with Crippen LogP contribution in [0.5, 0.6) is 0 Å². The topological polar surface area (TPSA) is 49.8 Å². The molecule has 1 saturated heterocycles. The lowest BCUT2D eigenvalue weighted by Gasteiger charge is -2.51. The molecule has 0 saturated carbocycles. The highest BCUT2D eigenvalue weighted by molar-refractivity contribution is 5.72. The van der Waals surface area contributed by atoms with Crippen molar-refractivity contribution in [3.8, 4) is 0 Å². The van der Waals surface area contributed by atoms with E-state index in [1.54, 1.807) is 0 Å². The molecule has 18 heavy (non-hydrogen) atoms. The van der Waals surface area contributed by atoms with Crippen molar-refractivity contribution in [1.82, 2.24) is 5.06 Å². The molecule has 0 radical (unpaired) electrons. The second-order valence-corrected chi connectivity index (χ2v) is 6.71. The Hall–Kier alpha value is -0.610. The Labute approximate surface area is 110 Å². The Balaban J connectivity index is 2.72. The minimum atomic E-state index is -0.373. The molecule has 0 aromatic rings. The van der Waals surface area contributed by atoms with E-state index in [0.29, 0.717) is 12.8 Å². The van der Waals surface area contributed by atoms with Gasteiger partial charge in [0.05, 0.1) is 5.92 Å². The number of carbonyl (C=O) groups excluding carboxylic acids is 1. The predicted molar refractivity (Wildman–Crippen MR) is 70.4 cm³/mol. The van der Waals surface area contributed by atoms with Gasteiger partial charge in [-0.1, -0.05) is 13.8 Å². The molecule has 0 aromatic heterocycles. The zero-order chi connectivity index (χ0) is 14.1. The standard InChI is InChI=1S/C14H27NO3/c1-7-10(2)12(16)18-11-8-13(3,4)15(17)14(5,6)9-11/h10-11,17H,7-9H2,1-6H3. The number of hydrogen-bond donors (Lipinski definition) is 1. The van der Waals surface area contributed by atoms with Crippen LogP contribution >= 0.6 is 0 Å². The van der Waals surface area contributed by atoms with Crippen LogP contribution < -0.4 is 0 Å². The lowest BCUT2D eigenvalue weighted by atomic mass is 9.80. The van der Waals surface area contributed by atoms with Crippen molar-refractivity contribution in [2.24, 2.45) is 5.92 Å². The van der Waals surface area contributed by atoms with Crippen LogP contribution in [0, 0.1) is 5.92 Å². The van der Waals surface area contributed by atoms with Gasteiger partial charge in [-0.2, -0.15) is 5.06 Å². The second kappa shape index (κ2) is 5.17. The molecule has 1 N–H and O–H groups in total. The van der Waals surface area contributed by atoms with Crippen molar-refractivity contribution in [1.29, 1.82) is 0 Å². The minimum absolute atomic E-state index is 0.0524. The molecule has 1 atom stereocenters. The van der Waals surface area contributed by atoms with Crippen LogP contribution in [0.1, 0.15) is 60.8 Å².